The number of hydrogen-bond donors (Lipinski definition) is 1. The minimum Gasteiger partial charge on any atom is -0.503 e. The second-order valence-electron chi connectivity index (χ2n) is 4.78. The van der Waals surface area contributed by atoms with Crippen LogP contribution in [0, 0.1) is 0 Å². The molecule has 0 spiro atoms. The molecule has 0 unspecified atom stereocenters. The maximum absolute atomic E-state index is 11.6. The van der Waals surface area contributed by atoms with Crippen molar-refractivity contribution in [1.29, 1.82) is 0 Å². The highest BCUT2D eigenvalue weighted by Gasteiger charge is 2.28. The third-order valence-electron chi connectivity index (χ3n) is 3.25. The van der Waals surface area contributed by atoms with E-state index in [9.17, 15) is 9.90 Å². The number of pyridine rings is 1. The van der Waals surface area contributed by atoms with Crippen molar-refractivity contribution in [1.82, 2.24) is 9.88 Å². The molecule has 2 aromatic rings. The highest BCUT2D eigenvalue weighted by molar-refractivity contribution is 6.03. The molecule has 1 aliphatic heterocycles. The molecule has 0 atom stereocenters. The smallest absolute Gasteiger partial charge is 0.289 e. The maximum Gasteiger partial charge on any atom is 0.289 e. The number of rotatable bonds is 3. The first-order chi connectivity index (χ1) is 10.1. The molecule has 21 heavy (non-hydrogen) atoms. The summed E-state index contributed by atoms with van der Waals surface area (Å²) in [6.45, 7) is 0.358. The Morgan fingerprint density at radius 3 is 2.48 bits per heavy atom. The largest absolute Gasteiger partial charge is 0.503 e. The molecule has 5 heteroatoms. The highest BCUT2D eigenvalue weighted by atomic mass is 16.5. The van der Waals surface area contributed by atoms with Crippen molar-refractivity contribution in [2.45, 2.75) is 0 Å². The van der Waals surface area contributed by atoms with Gasteiger partial charge in [0, 0.05) is 12.6 Å². The Bertz CT molecular complexity index is 693. The van der Waals surface area contributed by atoms with Gasteiger partial charge in [-0.1, -0.05) is 18.2 Å². The molecule has 3 rings (SSSR count). The highest BCUT2D eigenvalue weighted by Crippen LogP contribution is 2.26. The summed E-state index contributed by atoms with van der Waals surface area (Å²) in [6, 6.07) is 12.9. The van der Waals surface area contributed by atoms with Crippen molar-refractivity contribution in [2.24, 2.45) is 0 Å². The van der Waals surface area contributed by atoms with E-state index in [0.29, 0.717) is 23.6 Å². The molecule has 0 fully saturated rings. The van der Waals surface area contributed by atoms with Crippen LogP contribution < -0.4 is 4.74 Å². The average molecular weight is 282 g/mol. The standard InChI is InChI=1S/C16H14N2O3/c1-18-10-13(15(19)16(18)20)14-8-7-12(9-17-14)21-11-5-3-2-4-6-11/h2-9,19H,10H2,1H3. The van der Waals surface area contributed by atoms with Gasteiger partial charge in [0.25, 0.3) is 5.91 Å². The van der Waals surface area contributed by atoms with E-state index in [0.717, 1.165) is 5.75 Å². The maximum atomic E-state index is 11.6. The number of para-hydroxylation sites is 1. The van der Waals surface area contributed by atoms with E-state index in [-0.39, 0.29) is 11.7 Å². The molecule has 0 bridgehead atoms. The predicted molar refractivity (Wildman–Crippen MR) is 77.9 cm³/mol. The van der Waals surface area contributed by atoms with Crippen LogP contribution in [0.2, 0.25) is 0 Å². The Morgan fingerprint density at radius 2 is 1.90 bits per heavy atom. The van der Waals surface area contributed by atoms with Gasteiger partial charge in [0.05, 0.1) is 18.4 Å². The van der Waals surface area contributed by atoms with Gasteiger partial charge in [0.1, 0.15) is 11.5 Å². The number of carbonyl (C=O) groups excluding carboxylic acids is 1. The van der Waals surface area contributed by atoms with Crippen LogP contribution in [0.15, 0.2) is 54.4 Å². The SMILES string of the molecule is CN1CC(c2ccc(Oc3ccccc3)cn2)=C(O)C1=O. The molecule has 5 nitrogen and oxygen atoms in total. The Morgan fingerprint density at radius 1 is 1.14 bits per heavy atom. The zero-order valence-electron chi connectivity index (χ0n) is 11.5. The summed E-state index contributed by atoms with van der Waals surface area (Å²) in [5.74, 6) is 0.714. The van der Waals surface area contributed by atoms with Gasteiger partial charge < -0.3 is 14.7 Å². The normalized spacial score (nSPS) is 14.7. The quantitative estimate of drug-likeness (QED) is 0.940. The first-order valence-corrected chi connectivity index (χ1v) is 6.52. The van der Waals surface area contributed by atoms with Gasteiger partial charge in [-0.05, 0) is 24.3 Å². The van der Waals surface area contributed by atoms with E-state index in [1.54, 1.807) is 25.4 Å². The van der Waals surface area contributed by atoms with E-state index in [1.165, 1.54) is 4.90 Å². The van der Waals surface area contributed by atoms with Crippen molar-refractivity contribution < 1.29 is 14.6 Å². The predicted octanol–water partition coefficient (Wildman–Crippen LogP) is 2.62. The summed E-state index contributed by atoms with van der Waals surface area (Å²) in [4.78, 5) is 17.3. The number of benzene rings is 1. The Balaban J connectivity index is 1.81. The lowest BCUT2D eigenvalue weighted by Crippen LogP contribution is -2.21. The van der Waals surface area contributed by atoms with Gasteiger partial charge in [-0.15, -0.1) is 0 Å². The molecular formula is C16H14N2O3. The molecule has 1 amide bonds. The number of carbonyl (C=O) groups is 1. The monoisotopic (exact) mass is 282 g/mol. The van der Waals surface area contributed by atoms with Crippen LogP contribution >= 0.6 is 0 Å². The summed E-state index contributed by atoms with van der Waals surface area (Å²) in [6.07, 6.45) is 1.57. The van der Waals surface area contributed by atoms with Crippen molar-refractivity contribution in [3.63, 3.8) is 0 Å². The summed E-state index contributed by atoms with van der Waals surface area (Å²) in [5.41, 5.74) is 1.11. The van der Waals surface area contributed by atoms with E-state index in [4.69, 9.17) is 4.74 Å². The van der Waals surface area contributed by atoms with Crippen molar-refractivity contribution in [3.05, 3.63) is 60.1 Å². The minimum atomic E-state index is -0.378. The van der Waals surface area contributed by atoms with E-state index in [1.807, 2.05) is 30.3 Å². The average Bonchev–Trinajstić information content (AvgIpc) is 2.77. The molecule has 1 N–H and O–H groups in total. The summed E-state index contributed by atoms with van der Waals surface area (Å²) >= 11 is 0. The molecular weight excluding hydrogens is 268 g/mol. The molecule has 1 aliphatic rings. The second-order valence-corrected chi connectivity index (χ2v) is 4.78. The summed E-state index contributed by atoms with van der Waals surface area (Å²) in [7, 11) is 1.64. The van der Waals surface area contributed by atoms with Crippen LogP contribution in [0.3, 0.4) is 0 Å². The lowest BCUT2D eigenvalue weighted by Gasteiger charge is -2.08. The number of aromatic nitrogens is 1. The lowest BCUT2D eigenvalue weighted by atomic mass is 10.1. The minimum absolute atomic E-state index is 0.235. The van der Waals surface area contributed by atoms with Crippen LogP contribution in [0.5, 0.6) is 11.5 Å². The molecule has 2 heterocycles. The van der Waals surface area contributed by atoms with Crippen molar-refractivity contribution in [3.8, 4) is 11.5 Å². The first kappa shape index (κ1) is 13.2. The van der Waals surface area contributed by atoms with Gasteiger partial charge in [-0.25, -0.2) is 0 Å². The van der Waals surface area contributed by atoms with Crippen LogP contribution in [-0.2, 0) is 4.79 Å². The molecule has 106 valence electrons. The number of nitrogens with zero attached hydrogens (tertiary/aromatic N) is 2. The molecule has 0 aliphatic carbocycles. The fourth-order valence-electron chi connectivity index (χ4n) is 2.14. The zero-order chi connectivity index (χ0) is 14.8. The Kier molecular flexibility index (Phi) is 3.31. The molecule has 0 saturated carbocycles. The van der Waals surface area contributed by atoms with Crippen LogP contribution in [-0.4, -0.2) is 34.5 Å². The van der Waals surface area contributed by atoms with Gasteiger partial charge >= 0.3 is 0 Å². The van der Waals surface area contributed by atoms with Crippen LogP contribution in [0.4, 0.5) is 0 Å². The number of likely N-dealkylation sites (N-methyl/N-ethyl adjacent to an activating group) is 1. The second kappa shape index (κ2) is 5.28. The van der Waals surface area contributed by atoms with Gasteiger partial charge in [0.2, 0.25) is 0 Å². The molecule has 1 aromatic carbocycles. The van der Waals surface area contributed by atoms with Crippen LogP contribution in [0.1, 0.15) is 5.69 Å². The number of aliphatic hydroxyl groups is 1. The number of hydrogen-bond acceptors (Lipinski definition) is 4. The van der Waals surface area contributed by atoms with E-state index < -0.39 is 0 Å². The van der Waals surface area contributed by atoms with Gasteiger partial charge in [-0.3, -0.25) is 9.78 Å². The van der Waals surface area contributed by atoms with Crippen molar-refractivity contribution >= 4 is 11.5 Å². The third-order valence-corrected chi connectivity index (χ3v) is 3.25. The number of ether oxygens (including phenoxy) is 1. The number of aliphatic hydroxyl groups excluding tert-OH is 1. The number of amides is 1. The Hall–Kier alpha value is -2.82. The lowest BCUT2D eigenvalue weighted by molar-refractivity contribution is -0.126. The summed E-state index contributed by atoms with van der Waals surface area (Å²) in [5, 5.41) is 9.80. The van der Waals surface area contributed by atoms with Gasteiger partial charge in [-0.2, -0.15) is 0 Å². The van der Waals surface area contributed by atoms with E-state index in [2.05, 4.69) is 4.98 Å². The van der Waals surface area contributed by atoms with Crippen molar-refractivity contribution in [2.75, 3.05) is 13.6 Å². The topological polar surface area (TPSA) is 62.7 Å². The Labute approximate surface area is 122 Å². The summed E-state index contributed by atoms with van der Waals surface area (Å²) < 4.78 is 5.65. The fourth-order valence-corrected chi connectivity index (χ4v) is 2.14. The third kappa shape index (κ3) is 2.58. The van der Waals surface area contributed by atoms with E-state index >= 15 is 0 Å². The first-order valence-electron chi connectivity index (χ1n) is 6.52. The van der Waals surface area contributed by atoms with Gasteiger partial charge in [0.15, 0.2) is 5.76 Å². The molecule has 0 radical (unpaired) electrons. The molecule has 1 aromatic heterocycles. The fraction of sp³-hybridized carbons (Fsp3) is 0.125. The molecule has 0 saturated heterocycles. The zero-order valence-corrected chi connectivity index (χ0v) is 11.5. The van der Waals surface area contributed by atoms with Crippen LogP contribution in [0.25, 0.3) is 5.57 Å².